The fourth-order valence-corrected chi connectivity index (χ4v) is 2.31. The Morgan fingerprint density at radius 1 is 1.04 bits per heavy atom. The monoisotopic (exact) mass is 369 g/mol. The van der Waals surface area contributed by atoms with Gasteiger partial charge in [-0.15, -0.1) is 0 Å². The SMILES string of the molecule is O=C(/C=C/c1ccccc1)NC(=S)Nc1ccccc1C(=O)NCCO. The second-order valence-electron chi connectivity index (χ2n) is 5.21. The largest absolute Gasteiger partial charge is 0.395 e. The Labute approximate surface area is 156 Å². The molecule has 2 amide bonds. The number of nitrogens with one attached hydrogen (secondary N) is 3. The number of anilines is 1. The number of hydrogen-bond acceptors (Lipinski definition) is 4. The van der Waals surface area contributed by atoms with Crippen molar-refractivity contribution >= 4 is 40.9 Å². The smallest absolute Gasteiger partial charge is 0.253 e. The Morgan fingerprint density at radius 2 is 1.73 bits per heavy atom. The van der Waals surface area contributed by atoms with E-state index in [-0.39, 0.29) is 30.1 Å². The summed E-state index contributed by atoms with van der Waals surface area (Å²) >= 11 is 5.13. The zero-order chi connectivity index (χ0) is 18.8. The van der Waals surface area contributed by atoms with Crippen LogP contribution in [0.2, 0.25) is 0 Å². The molecule has 26 heavy (non-hydrogen) atoms. The van der Waals surface area contributed by atoms with Crippen molar-refractivity contribution in [1.29, 1.82) is 0 Å². The third-order valence-corrected chi connectivity index (χ3v) is 3.48. The number of thiocarbonyl (C=S) groups is 1. The van der Waals surface area contributed by atoms with Gasteiger partial charge in [-0.05, 0) is 36.0 Å². The molecule has 0 heterocycles. The first-order valence-corrected chi connectivity index (χ1v) is 8.34. The number of rotatable bonds is 6. The minimum Gasteiger partial charge on any atom is -0.395 e. The number of amides is 2. The summed E-state index contributed by atoms with van der Waals surface area (Å²) in [6.45, 7) is 0.00217. The van der Waals surface area contributed by atoms with Crippen LogP contribution in [0.1, 0.15) is 15.9 Å². The van der Waals surface area contributed by atoms with Gasteiger partial charge in [0, 0.05) is 12.6 Å². The molecule has 0 radical (unpaired) electrons. The van der Waals surface area contributed by atoms with Crippen LogP contribution in [0.4, 0.5) is 5.69 Å². The van der Waals surface area contributed by atoms with Crippen LogP contribution < -0.4 is 16.0 Å². The number of hydrogen-bond donors (Lipinski definition) is 4. The zero-order valence-corrected chi connectivity index (χ0v) is 14.8. The molecule has 0 saturated heterocycles. The topological polar surface area (TPSA) is 90.5 Å². The quantitative estimate of drug-likeness (QED) is 0.461. The molecule has 2 rings (SSSR count). The molecule has 2 aromatic carbocycles. The molecule has 0 bridgehead atoms. The van der Waals surface area contributed by atoms with Gasteiger partial charge in [-0.25, -0.2) is 0 Å². The number of carbonyl (C=O) groups excluding carboxylic acids is 2. The molecule has 2 aromatic rings. The van der Waals surface area contributed by atoms with Crippen LogP contribution >= 0.6 is 12.2 Å². The lowest BCUT2D eigenvalue weighted by molar-refractivity contribution is -0.115. The predicted molar refractivity (Wildman–Crippen MR) is 106 cm³/mol. The van der Waals surface area contributed by atoms with Gasteiger partial charge in [-0.1, -0.05) is 42.5 Å². The molecule has 0 aromatic heterocycles. The maximum Gasteiger partial charge on any atom is 0.253 e. The first-order valence-electron chi connectivity index (χ1n) is 7.93. The molecule has 0 spiro atoms. The Morgan fingerprint density at radius 3 is 2.46 bits per heavy atom. The van der Waals surface area contributed by atoms with Crippen LogP contribution in [0.15, 0.2) is 60.7 Å². The van der Waals surface area contributed by atoms with Crippen molar-refractivity contribution in [1.82, 2.24) is 10.6 Å². The molecule has 0 aliphatic heterocycles. The summed E-state index contributed by atoms with van der Waals surface area (Å²) < 4.78 is 0. The highest BCUT2D eigenvalue weighted by Gasteiger charge is 2.11. The minimum absolute atomic E-state index is 0.0788. The van der Waals surface area contributed by atoms with Crippen LogP contribution in [-0.2, 0) is 4.79 Å². The van der Waals surface area contributed by atoms with Crippen LogP contribution in [0.5, 0.6) is 0 Å². The van der Waals surface area contributed by atoms with Crippen LogP contribution in [0, 0.1) is 0 Å². The standard InChI is InChI=1S/C19H19N3O3S/c23-13-12-20-18(25)15-8-4-5-9-16(15)21-19(26)22-17(24)11-10-14-6-2-1-3-7-14/h1-11,23H,12-13H2,(H,20,25)(H2,21,22,24,26)/b11-10+. The van der Waals surface area contributed by atoms with Gasteiger partial charge >= 0.3 is 0 Å². The van der Waals surface area contributed by atoms with Gasteiger partial charge in [0.05, 0.1) is 17.9 Å². The van der Waals surface area contributed by atoms with Gasteiger partial charge in [-0.3, -0.25) is 14.9 Å². The van der Waals surface area contributed by atoms with Gasteiger partial charge < -0.3 is 15.7 Å². The Hall–Kier alpha value is -3.03. The molecule has 7 heteroatoms. The number of aliphatic hydroxyl groups excluding tert-OH is 1. The molecule has 0 aliphatic rings. The van der Waals surface area contributed by atoms with E-state index in [0.717, 1.165) is 5.56 Å². The van der Waals surface area contributed by atoms with Gasteiger partial charge in [0.15, 0.2) is 5.11 Å². The van der Waals surface area contributed by atoms with E-state index in [1.807, 2.05) is 30.3 Å². The van der Waals surface area contributed by atoms with E-state index in [4.69, 9.17) is 17.3 Å². The van der Waals surface area contributed by atoms with Crippen LogP contribution in [0.25, 0.3) is 6.08 Å². The van der Waals surface area contributed by atoms with Crippen molar-refractivity contribution in [2.75, 3.05) is 18.5 Å². The van der Waals surface area contributed by atoms with Gasteiger partial charge in [0.1, 0.15) is 0 Å². The van der Waals surface area contributed by atoms with Gasteiger partial charge in [0.25, 0.3) is 5.91 Å². The fourth-order valence-electron chi connectivity index (χ4n) is 2.10. The third kappa shape index (κ3) is 6.12. The van der Waals surface area contributed by atoms with Crippen molar-refractivity contribution in [2.45, 2.75) is 0 Å². The van der Waals surface area contributed by atoms with E-state index < -0.39 is 0 Å². The second-order valence-corrected chi connectivity index (χ2v) is 5.62. The van der Waals surface area contributed by atoms with Crippen LogP contribution in [0.3, 0.4) is 0 Å². The molecule has 0 aliphatic carbocycles. The van der Waals surface area contributed by atoms with E-state index in [1.165, 1.54) is 6.08 Å². The molecule has 0 unspecified atom stereocenters. The maximum atomic E-state index is 12.1. The summed E-state index contributed by atoms with van der Waals surface area (Å²) in [7, 11) is 0. The Kier molecular flexibility index (Phi) is 7.48. The summed E-state index contributed by atoms with van der Waals surface area (Å²) in [5, 5.41) is 16.8. The van der Waals surface area contributed by atoms with Crippen molar-refractivity contribution < 1.29 is 14.7 Å². The number of para-hydroxylation sites is 1. The minimum atomic E-state index is -0.381. The Balaban J connectivity index is 1.96. The first kappa shape index (κ1) is 19.3. The molecule has 0 atom stereocenters. The molecule has 4 N–H and O–H groups in total. The van der Waals surface area contributed by atoms with Crippen molar-refractivity contribution in [3.8, 4) is 0 Å². The molecule has 0 fully saturated rings. The molecule has 134 valence electrons. The van der Waals surface area contributed by atoms with E-state index in [1.54, 1.807) is 30.3 Å². The molecular formula is C19H19N3O3S. The average molecular weight is 369 g/mol. The van der Waals surface area contributed by atoms with Crippen molar-refractivity contribution in [2.24, 2.45) is 0 Å². The van der Waals surface area contributed by atoms with Gasteiger partial charge in [0.2, 0.25) is 5.91 Å². The maximum absolute atomic E-state index is 12.1. The summed E-state index contributed by atoms with van der Waals surface area (Å²) in [5.74, 6) is -0.728. The van der Waals surface area contributed by atoms with E-state index in [9.17, 15) is 9.59 Å². The molecule has 0 saturated carbocycles. The van der Waals surface area contributed by atoms with E-state index in [2.05, 4.69) is 16.0 Å². The number of aliphatic hydroxyl groups is 1. The summed E-state index contributed by atoms with van der Waals surface area (Å²) in [5.41, 5.74) is 1.71. The summed E-state index contributed by atoms with van der Waals surface area (Å²) in [6.07, 6.45) is 3.05. The molecule has 6 nitrogen and oxygen atoms in total. The van der Waals surface area contributed by atoms with Crippen LogP contribution in [-0.4, -0.2) is 35.2 Å². The highest BCUT2D eigenvalue weighted by Crippen LogP contribution is 2.14. The molecular weight excluding hydrogens is 350 g/mol. The first-order chi connectivity index (χ1) is 12.6. The fraction of sp³-hybridized carbons (Fsp3) is 0.105. The van der Waals surface area contributed by atoms with Gasteiger partial charge in [-0.2, -0.15) is 0 Å². The average Bonchev–Trinajstić information content (AvgIpc) is 2.65. The summed E-state index contributed by atoms with van der Waals surface area (Å²) in [6, 6.07) is 16.1. The normalized spacial score (nSPS) is 10.3. The van der Waals surface area contributed by atoms with E-state index >= 15 is 0 Å². The lowest BCUT2D eigenvalue weighted by Gasteiger charge is -2.12. The lowest BCUT2D eigenvalue weighted by atomic mass is 10.1. The Bertz CT molecular complexity index is 807. The van der Waals surface area contributed by atoms with Crippen molar-refractivity contribution in [3.05, 3.63) is 71.8 Å². The zero-order valence-electron chi connectivity index (χ0n) is 13.9. The van der Waals surface area contributed by atoms with E-state index in [0.29, 0.717) is 11.3 Å². The van der Waals surface area contributed by atoms with Crippen molar-refractivity contribution in [3.63, 3.8) is 0 Å². The highest BCUT2D eigenvalue weighted by atomic mass is 32.1. The number of carbonyl (C=O) groups is 2. The summed E-state index contributed by atoms with van der Waals surface area (Å²) in [4.78, 5) is 24.0. The highest BCUT2D eigenvalue weighted by molar-refractivity contribution is 7.80. The predicted octanol–water partition coefficient (Wildman–Crippen LogP) is 1.94. The second kappa shape index (κ2) is 10.1. The lowest BCUT2D eigenvalue weighted by Crippen LogP contribution is -2.34. The number of benzene rings is 2. The third-order valence-electron chi connectivity index (χ3n) is 3.28.